The Hall–Kier alpha value is -1.10. The van der Waals surface area contributed by atoms with Crippen LogP contribution in [-0.2, 0) is 22.7 Å². The monoisotopic (exact) mass is 424 g/mol. The number of nitrogens with zero attached hydrogens (tertiary/aromatic N) is 2. The van der Waals surface area contributed by atoms with Crippen LogP contribution in [0.25, 0.3) is 0 Å². The number of thioether (sulfide) groups is 1. The minimum atomic E-state index is -3.26. The summed E-state index contributed by atoms with van der Waals surface area (Å²) in [7, 11) is -3.26. The molecule has 0 aromatic carbocycles. The molecule has 1 aromatic rings. The third-order valence-electron chi connectivity index (χ3n) is 5.05. The van der Waals surface area contributed by atoms with E-state index in [9.17, 15) is 18.8 Å². The van der Waals surface area contributed by atoms with Crippen LogP contribution >= 0.6 is 11.8 Å². The molecule has 1 atom stereocenters. The van der Waals surface area contributed by atoms with Crippen molar-refractivity contribution in [1.82, 2.24) is 4.98 Å². The van der Waals surface area contributed by atoms with Crippen molar-refractivity contribution in [3.8, 4) is 6.07 Å². The fourth-order valence-corrected chi connectivity index (χ4v) is 6.07. The fourth-order valence-electron chi connectivity index (χ4n) is 3.51. The summed E-state index contributed by atoms with van der Waals surface area (Å²) in [4.78, 5) is 4.62. The Morgan fingerprint density at radius 3 is 2.68 bits per heavy atom. The molecule has 5 nitrogen and oxygen atoms in total. The van der Waals surface area contributed by atoms with E-state index >= 15 is 0 Å². The van der Waals surface area contributed by atoms with E-state index in [4.69, 9.17) is 0 Å². The normalized spacial score (nSPS) is 15.0. The Labute approximate surface area is 173 Å². The van der Waals surface area contributed by atoms with Crippen molar-refractivity contribution in [2.24, 2.45) is 0 Å². The van der Waals surface area contributed by atoms with E-state index in [1.807, 2.05) is 6.07 Å². The number of aliphatic hydroxyl groups excluding tert-OH is 1. The Morgan fingerprint density at radius 1 is 1.21 bits per heavy atom. The number of rotatable bonds is 12. The largest absolute Gasteiger partial charge is 0.391 e. The first-order valence-corrected chi connectivity index (χ1v) is 13.2. The lowest BCUT2D eigenvalue weighted by Gasteiger charge is -2.17. The van der Waals surface area contributed by atoms with Gasteiger partial charge in [-0.1, -0.05) is 39.0 Å². The van der Waals surface area contributed by atoms with Crippen molar-refractivity contribution in [2.45, 2.75) is 82.3 Å². The van der Waals surface area contributed by atoms with E-state index in [1.54, 1.807) is 0 Å². The van der Waals surface area contributed by atoms with Gasteiger partial charge in [0.05, 0.1) is 23.2 Å². The maximum absolute atomic E-state index is 12.2. The molecule has 2 rings (SSSR count). The highest BCUT2D eigenvalue weighted by atomic mass is 32.2. The molecule has 1 N–H and O–H groups in total. The van der Waals surface area contributed by atoms with Crippen molar-refractivity contribution in [3.63, 3.8) is 0 Å². The topological polar surface area (TPSA) is 91.1 Å². The van der Waals surface area contributed by atoms with Gasteiger partial charge in [-0.05, 0) is 43.7 Å². The number of aromatic nitrogens is 1. The summed E-state index contributed by atoms with van der Waals surface area (Å²) < 4.78 is 24.4. The average Bonchev–Trinajstić information content (AvgIpc) is 2.67. The van der Waals surface area contributed by atoms with Crippen LogP contribution in [0.2, 0.25) is 0 Å². The Kier molecular flexibility index (Phi) is 9.76. The maximum Gasteiger partial charge on any atom is 0.152 e. The molecular formula is C21H32N2O3S2. The summed E-state index contributed by atoms with van der Waals surface area (Å²) in [5.74, 6) is 0.152. The number of sulfone groups is 1. The molecule has 1 heterocycles. The summed E-state index contributed by atoms with van der Waals surface area (Å²) in [6, 6.07) is 4.09. The predicted molar refractivity (Wildman–Crippen MR) is 114 cm³/mol. The first-order chi connectivity index (χ1) is 13.4. The van der Waals surface area contributed by atoms with Crippen LogP contribution in [0.5, 0.6) is 0 Å². The van der Waals surface area contributed by atoms with Crippen LogP contribution in [0, 0.1) is 11.3 Å². The molecule has 7 heteroatoms. The molecule has 156 valence electrons. The zero-order valence-corrected chi connectivity index (χ0v) is 18.5. The van der Waals surface area contributed by atoms with Gasteiger partial charge in [-0.2, -0.15) is 5.26 Å². The number of aryl methyl sites for hydroxylation is 2. The summed E-state index contributed by atoms with van der Waals surface area (Å²) in [5.41, 5.74) is 2.71. The van der Waals surface area contributed by atoms with Crippen molar-refractivity contribution in [2.75, 3.05) is 17.3 Å². The molecule has 1 aliphatic carbocycles. The van der Waals surface area contributed by atoms with Crippen molar-refractivity contribution in [1.29, 1.82) is 5.26 Å². The summed E-state index contributed by atoms with van der Waals surface area (Å²) in [5, 5.41) is 20.2. The molecule has 0 spiro atoms. The number of hydrogen-bond acceptors (Lipinski definition) is 6. The van der Waals surface area contributed by atoms with Crippen LogP contribution in [0.1, 0.15) is 75.1 Å². The molecule has 1 aliphatic rings. The molecule has 0 bridgehead atoms. The average molecular weight is 425 g/mol. The van der Waals surface area contributed by atoms with Crippen LogP contribution < -0.4 is 0 Å². The van der Waals surface area contributed by atoms with E-state index in [0.29, 0.717) is 17.0 Å². The molecule has 0 saturated carbocycles. The molecule has 0 aliphatic heterocycles. The summed E-state index contributed by atoms with van der Waals surface area (Å²) in [6.07, 6.45) is 9.36. The second-order valence-corrected chi connectivity index (χ2v) is 10.9. The van der Waals surface area contributed by atoms with E-state index in [1.165, 1.54) is 24.6 Å². The minimum absolute atomic E-state index is 0.140. The highest BCUT2D eigenvalue weighted by Gasteiger charge is 2.20. The van der Waals surface area contributed by atoms with Gasteiger partial charge < -0.3 is 5.11 Å². The standard InChI is InChI=1S/C21H32N2O3S2/c1-2-3-4-5-6-9-12-28(25,26)16-19(24)15-27-21-18(14-22)13-17-10-7-8-11-20(17)23-21/h13,19,24H,2-12,15-16H2,1H3. The number of pyridine rings is 1. The summed E-state index contributed by atoms with van der Waals surface area (Å²) in [6.45, 7) is 2.16. The zero-order valence-electron chi connectivity index (χ0n) is 16.8. The fraction of sp³-hybridized carbons (Fsp3) is 0.714. The van der Waals surface area contributed by atoms with Gasteiger partial charge >= 0.3 is 0 Å². The van der Waals surface area contributed by atoms with Gasteiger partial charge in [0.15, 0.2) is 9.84 Å². The van der Waals surface area contributed by atoms with Crippen molar-refractivity contribution in [3.05, 3.63) is 22.9 Å². The second kappa shape index (κ2) is 11.8. The van der Waals surface area contributed by atoms with E-state index in [0.717, 1.165) is 56.2 Å². The minimum Gasteiger partial charge on any atom is -0.391 e. The molecule has 1 unspecified atom stereocenters. The summed E-state index contributed by atoms with van der Waals surface area (Å²) >= 11 is 1.28. The van der Waals surface area contributed by atoms with Crippen LogP contribution in [0.15, 0.2) is 11.1 Å². The third-order valence-corrected chi connectivity index (χ3v) is 7.99. The SMILES string of the molecule is CCCCCCCCS(=O)(=O)CC(O)CSc1nc2c(cc1C#N)CCCC2. The highest BCUT2D eigenvalue weighted by Crippen LogP contribution is 2.27. The number of hydrogen-bond donors (Lipinski definition) is 1. The van der Waals surface area contributed by atoms with Gasteiger partial charge in [-0.15, -0.1) is 11.8 Å². The lowest BCUT2D eigenvalue weighted by molar-refractivity contribution is 0.222. The molecule has 1 aromatic heterocycles. The molecule has 0 amide bonds. The van der Waals surface area contributed by atoms with Gasteiger partial charge in [-0.25, -0.2) is 13.4 Å². The first kappa shape index (κ1) is 23.2. The van der Waals surface area contributed by atoms with Gasteiger partial charge in [-0.3, -0.25) is 0 Å². The quantitative estimate of drug-likeness (QED) is 0.402. The van der Waals surface area contributed by atoms with Gasteiger partial charge in [0.2, 0.25) is 0 Å². The molecule has 0 fully saturated rings. The zero-order chi connectivity index (χ0) is 20.4. The molecular weight excluding hydrogens is 392 g/mol. The van der Waals surface area contributed by atoms with Crippen LogP contribution in [0.3, 0.4) is 0 Å². The number of unbranched alkanes of at least 4 members (excludes halogenated alkanes) is 5. The van der Waals surface area contributed by atoms with E-state index in [2.05, 4.69) is 18.0 Å². The first-order valence-electron chi connectivity index (χ1n) is 10.4. The highest BCUT2D eigenvalue weighted by molar-refractivity contribution is 7.99. The van der Waals surface area contributed by atoms with Crippen molar-refractivity contribution >= 4 is 21.6 Å². The smallest absolute Gasteiger partial charge is 0.152 e. The Bertz CT molecular complexity index is 773. The molecule has 0 saturated heterocycles. The second-order valence-electron chi connectivity index (χ2n) is 7.61. The van der Waals surface area contributed by atoms with Gasteiger partial charge in [0.25, 0.3) is 0 Å². The Balaban J connectivity index is 1.81. The molecule has 28 heavy (non-hydrogen) atoms. The number of aliphatic hydroxyl groups is 1. The third kappa shape index (κ3) is 7.73. The van der Waals surface area contributed by atoms with Crippen LogP contribution in [-0.4, -0.2) is 41.9 Å². The van der Waals surface area contributed by atoms with Crippen LogP contribution in [0.4, 0.5) is 0 Å². The predicted octanol–water partition coefficient (Wildman–Crippen LogP) is 4.06. The maximum atomic E-state index is 12.2. The van der Waals surface area contributed by atoms with E-state index < -0.39 is 15.9 Å². The Morgan fingerprint density at radius 2 is 1.93 bits per heavy atom. The number of nitriles is 1. The van der Waals surface area contributed by atoms with Crippen molar-refractivity contribution < 1.29 is 13.5 Å². The number of fused-ring (bicyclic) bond motifs is 1. The lowest BCUT2D eigenvalue weighted by atomic mass is 9.95. The molecule has 0 radical (unpaired) electrons. The van der Waals surface area contributed by atoms with Gasteiger partial charge in [0, 0.05) is 11.4 Å². The van der Waals surface area contributed by atoms with Gasteiger partial charge in [0.1, 0.15) is 11.1 Å². The van der Waals surface area contributed by atoms with E-state index in [-0.39, 0.29) is 17.3 Å². The lowest BCUT2D eigenvalue weighted by Crippen LogP contribution is -2.25.